The molecule has 2 aromatic rings. The average Bonchev–Trinajstić information content (AvgIpc) is 2.63. The summed E-state index contributed by atoms with van der Waals surface area (Å²) in [6.07, 6.45) is 0.881. The van der Waals surface area contributed by atoms with Gasteiger partial charge in [-0.15, -0.1) is 0 Å². The van der Waals surface area contributed by atoms with Gasteiger partial charge in [0.25, 0.3) is 0 Å². The Balaban J connectivity index is 1.85. The van der Waals surface area contributed by atoms with Gasteiger partial charge < -0.3 is 10.6 Å². The van der Waals surface area contributed by atoms with Crippen LogP contribution >= 0.6 is 0 Å². The highest BCUT2D eigenvalue weighted by molar-refractivity contribution is 7.89. The number of nitrogens with one attached hydrogen (secondary N) is 2. The predicted octanol–water partition coefficient (Wildman–Crippen LogP) is 2.54. The molecule has 152 valence electrons. The summed E-state index contributed by atoms with van der Waals surface area (Å²) in [5, 5.41) is 11.6. The second-order valence-electron chi connectivity index (χ2n) is 7.74. The van der Waals surface area contributed by atoms with Crippen LogP contribution in [0.4, 0.5) is 0 Å². The third kappa shape index (κ3) is 6.65. The van der Waals surface area contributed by atoms with Crippen molar-refractivity contribution in [2.75, 3.05) is 13.6 Å². The van der Waals surface area contributed by atoms with E-state index in [1.165, 1.54) is 17.2 Å². The number of aliphatic imine (C=N–C) groups is 1. The first-order chi connectivity index (χ1) is 13.1. The molecule has 6 nitrogen and oxygen atoms in total. The first-order valence-electron chi connectivity index (χ1n) is 9.25. The Kier molecular flexibility index (Phi) is 7.21. The lowest BCUT2D eigenvalue weighted by molar-refractivity contribution is 0.590. The number of benzene rings is 2. The summed E-state index contributed by atoms with van der Waals surface area (Å²) in [5.41, 5.74) is 3.55. The van der Waals surface area contributed by atoms with Gasteiger partial charge in [-0.05, 0) is 40.7 Å². The summed E-state index contributed by atoms with van der Waals surface area (Å²) in [7, 11) is -2.00. The zero-order chi connectivity index (χ0) is 20.8. The van der Waals surface area contributed by atoms with Gasteiger partial charge in [-0.1, -0.05) is 57.2 Å². The smallest absolute Gasteiger partial charge is 0.238 e. The molecule has 0 bridgehead atoms. The normalized spacial score (nSPS) is 12.7. The van der Waals surface area contributed by atoms with Crippen molar-refractivity contribution >= 4 is 16.0 Å². The Morgan fingerprint density at radius 1 is 1.04 bits per heavy atom. The molecule has 2 rings (SSSR count). The second kappa shape index (κ2) is 9.21. The van der Waals surface area contributed by atoms with Gasteiger partial charge in [0.2, 0.25) is 10.0 Å². The second-order valence-corrected chi connectivity index (χ2v) is 9.30. The van der Waals surface area contributed by atoms with E-state index in [0.29, 0.717) is 12.5 Å². The number of hydrogen-bond donors (Lipinski definition) is 3. The van der Waals surface area contributed by atoms with Gasteiger partial charge in [0.05, 0.1) is 4.90 Å². The number of nitrogens with zero attached hydrogens (tertiary/aromatic N) is 1. The van der Waals surface area contributed by atoms with Crippen LogP contribution in [-0.4, -0.2) is 28.0 Å². The van der Waals surface area contributed by atoms with E-state index in [0.717, 1.165) is 18.5 Å². The third-order valence-corrected chi connectivity index (χ3v) is 5.35. The van der Waals surface area contributed by atoms with Crippen molar-refractivity contribution in [3.63, 3.8) is 0 Å². The van der Waals surface area contributed by atoms with Crippen LogP contribution in [0.25, 0.3) is 0 Å². The van der Waals surface area contributed by atoms with E-state index in [1.54, 1.807) is 19.2 Å². The van der Waals surface area contributed by atoms with Crippen molar-refractivity contribution in [1.29, 1.82) is 0 Å². The quantitative estimate of drug-likeness (QED) is 0.511. The molecule has 4 N–H and O–H groups in total. The molecular weight excluding hydrogens is 372 g/mol. The van der Waals surface area contributed by atoms with Gasteiger partial charge in [-0.3, -0.25) is 4.99 Å². The minimum absolute atomic E-state index is 0.105. The van der Waals surface area contributed by atoms with Crippen molar-refractivity contribution in [2.24, 2.45) is 10.1 Å². The number of nitrogens with two attached hydrogens (primary N) is 1. The van der Waals surface area contributed by atoms with Crippen LogP contribution in [0.5, 0.6) is 0 Å². The molecule has 0 fully saturated rings. The molecule has 0 spiro atoms. The zero-order valence-corrected chi connectivity index (χ0v) is 17.8. The maximum absolute atomic E-state index is 11.5. The van der Waals surface area contributed by atoms with Crippen LogP contribution in [0.15, 0.2) is 58.4 Å². The van der Waals surface area contributed by atoms with E-state index < -0.39 is 10.0 Å². The molecule has 0 radical (unpaired) electrons. The van der Waals surface area contributed by atoms with Crippen molar-refractivity contribution in [3.05, 3.63) is 65.2 Å². The molecule has 28 heavy (non-hydrogen) atoms. The lowest BCUT2D eigenvalue weighted by Gasteiger charge is -2.19. The molecule has 0 aromatic heterocycles. The first kappa shape index (κ1) is 21.9. The van der Waals surface area contributed by atoms with Gasteiger partial charge in [0, 0.05) is 20.1 Å². The van der Waals surface area contributed by atoms with Crippen molar-refractivity contribution in [1.82, 2.24) is 10.6 Å². The molecule has 7 heteroatoms. The van der Waals surface area contributed by atoms with E-state index in [4.69, 9.17) is 5.14 Å². The van der Waals surface area contributed by atoms with Crippen molar-refractivity contribution in [3.8, 4) is 0 Å². The molecule has 0 atom stereocenters. The standard InChI is InChI=1S/C21H30N4O2S/c1-21(2,3)18-10-8-16(9-11-18)12-13-24-20(23-4)25-15-17-6-5-7-19(14-17)28(22,26)27/h5-11,14H,12-13,15H2,1-4H3,(H2,22,26,27)(H2,23,24,25). The SMILES string of the molecule is CN=C(NCCc1ccc(C(C)(C)C)cc1)NCc1cccc(S(N)(=O)=O)c1. The monoisotopic (exact) mass is 402 g/mol. The highest BCUT2D eigenvalue weighted by Crippen LogP contribution is 2.22. The summed E-state index contributed by atoms with van der Waals surface area (Å²) in [6.45, 7) is 7.81. The van der Waals surface area contributed by atoms with Gasteiger partial charge >= 0.3 is 0 Å². The molecule has 0 saturated heterocycles. The maximum atomic E-state index is 11.5. The van der Waals surface area contributed by atoms with Gasteiger partial charge in [-0.2, -0.15) is 0 Å². The molecule has 0 aliphatic heterocycles. The minimum atomic E-state index is -3.70. The van der Waals surface area contributed by atoms with Crippen LogP contribution in [0.2, 0.25) is 0 Å². The topological polar surface area (TPSA) is 96.6 Å². The van der Waals surface area contributed by atoms with Crippen LogP contribution in [0.3, 0.4) is 0 Å². The Labute approximate surface area is 168 Å². The molecule has 0 amide bonds. The fourth-order valence-corrected chi connectivity index (χ4v) is 3.32. The first-order valence-corrected chi connectivity index (χ1v) is 10.8. The molecule has 0 unspecified atom stereocenters. The van der Waals surface area contributed by atoms with Crippen LogP contribution in [-0.2, 0) is 28.4 Å². The molecule has 0 heterocycles. The van der Waals surface area contributed by atoms with E-state index >= 15 is 0 Å². The number of hydrogen-bond acceptors (Lipinski definition) is 3. The molecular formula is C21H30N4O2S. The summed E-state index contributed by atoms with van der Waals surface area (Å²) in [5.74, 6) is 0.660. The number of sulfonamides is 1. The van der Waals surface area contributed by atoms with E-state index in [-0.39, 0.29) is 10.3 Å². The van der Waals surface area contributed by atoms with Crippen molar-refractivity contribution in [2.45, 2.75) is 44.0 Å². The molecule has 0 saturated carbocycles. The van der Waals surface area contributed by atoms with Gasteiger partial charge in [-0.25, -0.2) is 13.6 Å². The van der Waals surface area contributed by atoms with E-state index in [9.17, 15) is 8.42 Å². The van der Waals surface area contributed by atoms with E-state index in [1.807, 2.05) is 6.07 Å². The molecule has 0 aliphatic carbocycles. The number of primary sulfonamides is 1. The lowest BCUT2D eigenvalue weighted by atomic mass is 9.86. The average molecular weight is 403 g/mol. The minimum Gasteiger partial charge on any atom is -0.356 e. The number of rotatable bonds is 6. The van der Waals surface area contributed by atoms with E-state index in [2.05, 4.69) is 60.7 Å². The van der Waals surface area contributed by atoms with Crippen LogP contribution < -0.4 is 15.8 Å². The molecule has 2 aromatic carbocycles. The van der Waals surface area contributed by atoms with Gasteiger partial charge in [0.15, 0.2) is 5.96 Å². The largest absolute Gasteiger partial charge is 0.356 e. The summed E-state index contributed by atoms with van der Waals surface area (Å²) < 4.78 is 22.9. The summed E-state index contributed by atoms with van der Waals surface area (Å²) in [4.78, 5) is 4.31. The third-order valence-electron chi connectivity index (χ3n) is 4.44. The van der Waals surface area contributed by atoms with Crippen LogP contribution in [0.1, 0.15) is 37.5 Å². The predicted molar refractivity (Wildman–Crippen MR) is 115 cm³/mol. The lowest BCUT2D eigenvalue weighted by Crippen LogP contribution is -2.37. The molecule has 0 aliphatic rings. The van der Waals surface area contributed by atoms with Crippen molar-refractivity contribution < 1.29 is 8.42 Å². The summed E-state index contributed by atoms with van der Waals surface area (Å²) in [6, 6.07) is 15.2. The highest BCUT2D eigenvalue weighted by Gasteiger charge is 2.12. The Morgan fingerprint density at radius 3 is 2.29 bits per heavy atom. The van der Waals surface area contributed by atoms with Gasteiger partial charge in [0.1, 0.15) is 0 Å². The highest BCUT2D eigenvalue weighted by atomic mass is 32.2. The Morgan fingerprint density at radius 2 is 1.71 bits per heavy atom. The van der Waals surface area contributed by atoms with Crippen LogP contribution in [0, 0.1) is 0 Å². The number of guanidine groups is 1. The maximum Gasteiger partial charge on any atom is 0.238 e. The summed E-state index contributed by atoms with van der Waals surface area (Å²) >= 11 is 0. The Hall–Kier alpha value is -2.38. The fraction of sp³-hybridized carbons (Fsp3) is 0.381. The Bertz CT molecular complexity index is 914. The fourth-order valence-electron chi connectivity index (χ4n) is 2.74. The zero-order valence-electron chi connectivity index (χ0n) is 17.0.